The molecule has 3 aromatic carbocycles. The molecule has 0 saturated heterocycles. The van der Waals surface area contributed by atoms with Crippen LogP contribution in [0.5, 0.6) is 11.5 Å². The number of hydrogen-bond donors (Lipinski definition) is 0. The Kier molecular flexibility index (Phi) is 4.88. The Bertz CT molecular complexity index is 1490. The number of methoxy groups -OCH3 is 1. The van der Waals surface area contributed by atoms with Crippen molar-refractivity contribution in [2.24, 2.45) is 7.05 Å². The molecule has 7 nitrogen and oxygen atoms in total. The molecule has 2 amide bonds. The van der Waals surface area contributed by atoms with Gasteiger partial charge in [0.25, 0.3) is 6.43 Å². The van der Waals surface area contributed by atoms with Crippen molar-refractivity contribution in [1.82, 2.24) is 9.78 Å². The Hall–Kier alpha value is -4.14. The molecule has 5 rings (SSSR count). The van der Waals surface area contributed by atoms with Gasteiger partial charge in [-0.1, -0.05) is 6.07 Å². The third kappa shape index (κ3) is 4.25. The number of benzene rings is 3. The largest absolute Gasteiger partial charge is 0.497 e. The van der Waals surface area contributed by atoms with Crippen LogP contribution in [0.2, 0.25) is 0 Å². The number of fused-ring (bicyclic) bond motifs is 2. The van der Waals surface area contributed by atoms with Gasteiger partial charge in [-0.25, -0.2) is 13.6 Å². The van der Waals surface area contributed by atoms with Crippen LogP contribution < -0.4 is 19.3 Å². The summed E-state index contributed by atoms with van der Waals surface area (Å²) in [6.45, 7) is 1.51. The molecule has 1 atom stereocenters. The zero-order valence-electron chi connectivity index (χ0n) is 22.0. The molecular formula is C26H24F2N4O3. The van der Waals surface area contributed by atoms with Crippen LogP contribution in [0.4, 0.5) is 30.6 Å². The first-order chi connectivity index (χ1) is 18.0. The molecule has 9 heteroatoms. The van der Waals surface area contributed by atoms with Gasteiger partial charge in [0.05, 0.1) is 34.6 Å². The third-order valence-electron chi connectivity index (χ3n) is 5.85. The number of aromatic nitrogens is 2. The highest BCUT2D eigenvalue weighted by Gasteiger charge is 2.33. The number of nitrogens with zero attached hydrogens (tertiary/aromatic N) is 4. The Balaban J connectivity index is 1.56. The highest BCUT2D eigenvalue weighted by molar-refractivity contribution is 6.11. The number of alkyl halides is 2. The fraction of sp³-hybridized carbons (Fsp3) is 0.231. The van der Waals surface area contributed by atoms with Gasteiger partial charge in [-0.3, -0.25) is 14.5 Å². The quantitative estimate of drug-likeness (QED) is 0.344. The molecule has 35 heavy (non-hydrogen) atoms. The Morgan fingerprint density at radius 1 is 1.03 bits per heavy atom. The van der Waals surface area contributed by atoms with Crippen LogP contribution in [0.15, 0.2) is 66.9 Å². The molecule has 4 aromatic rings. The van der Waals surface area contributed by atoms with Crippen LogP contribution in [0.25, 0.3) is 10.9 Å². The number of carbonyl (C=O) groups excluding carboxylic acids is 1. The van der Waals surface area contributed by atoms with Crippen molar-refractivity contribution in [3.05, 3.63) is 72.4 Å². The number of urea groups is 1. The molecule has 1 unspecified atom stereocenters. The van der Waals surface area contributed by atoms with Crippen molar-refractivity contribution in [3.63, 3.8) is 0 Å². The molecule has 1 aliphatic rings. The van der Waals surface area contributed by atoms with Crippen LogP contribution in [0.3, 0.4) is 0 Å². The number of aryl methyl sites for hydroxylation is 1. The second kappa shape index (κ2) is 8.90. The fourth-order valence-corrected chi connectivity index (χ4v) is 4.11. The van der Waals surface area contributed by atoms with Crippen molar-refractivity contribution in [1.29, 1.82) is 0 Å². The predicted octanol–water partition coefficient (Wildman–Crippen LogP) is 5.89. The summed E-state index contributed by atoms with van der Waals surface area (Å²) >= 11 is 0. The second-order valence-corrected chi connectivity index (χ2v) is 8.29. The van der Waals surface area contributed by atoms with Crippen molar-refractivity contribution in [3.8, 4) is 11.5 Å². The zero-order chi connectivity index (χ0) is 27.2. The third-order valence-corrected chi connectivity index (χ3v) is 5.85. The standard InChI is InChI=1S/C26H24F2N4O3/c1-16(25(27)28)35-22-8-4-17-15-31(20-7-11-23-18(12-20)14-30(2)29-23)26(33)32(24(17)13-22)19-5-9-21(34-3)10-6-19/h4-14,16,25H,15H2,1-3H3/i3D3. The molecule has 0 spiro atoms. The average molecular weight is 482 g/mol. The maximum Gasteiger partial charge on any atom is 0.333 e. The highest BCUT2D eigenvalue weighted by atomic mass is 19.3. The fourth-order valence-electron chi connectivity index (χ4n) is 4.11. The van der Waals surface area contributed by atoms with Crippen molar-refractivity contribution in [2.75, 3.05) is 16.8 Å². The molecule has 0 radical (unpaired) electrons. The minimum atomic E-state index is -2.67. The molecular weight excluding hydrogens is 454 g/mol. The van der Waals surface area contributed by atoms with E-state index < -0.39 is 19.6 Å². The van der Waals surface area contributed by atoms with Gasteiger partial charge in [-0.2, -0.15) is 5.10 Å². The van der Waals surface area contributed by atoms with Crippen LogP contribution >= 0.6 is 0 Å². The Morgan fingerprint density at radius 3 is 2.51 bits per heavy atom. The first kappa shape index (κ1) is 19.2. The molecule has 1 aromatic heterocycles. The predicted molar refractivity (Wildman–Crippen MR) is 130 cm³/mol. The van der Waals surface area contributed by atoms with E-state index >= 15 is 0 Å². The monoisotopic (exact) mass is 481 g/mol. The van der Waals surface area contributed by atoms with Crippen molar-refractivity contribution >= 4 is 34.0 Å². The van der Waals surface area contributed by atoms with Crippen LogP contribution in [0.1, 0.15) is 16.6 Å². The molecule has 0 fully saturated rings. The van der Waals surface area contributed by atoms with Gasteiger partial charge in [0.15, 0.2) is 6.10 Å². The van der Waals surface area contributed by atoms with E-state index in [9.17, 15) is 13.6 Å². The van der Waals surface area contributed by atoms with E-state index in [1.54, 1.807) is 39.9 Å². The summed E-state index contributed by atoms with van der Waals surface area (Å²) in [7, 11) is -0.803. The normalized spacial score (nSPS) is 16.0. The number of halogens is 2. The average Bonchev–Trinajstić information content (AvgIpc) is 3.22. The van der Waals surface area contributed by atoms with Gasteiger partial charge >= 0.3 is 6.03 Å². The summed E-state index contributed by atoms with van der Waals surface area (Å²) < 4.78 is 60.2. The number of amides is 2. The van der Waals surface area contributed by atoms with E-state index in [2.05, 4.69) is 5.10 Å². The maximum atomic E-state index is 13.9. The first-order valence-electron chi connectivity index (χ1n) is 12.4. The van der Waals surface area contributed by atoms with E-state index in [4.69, 9.17) is 13.6 Å². The lowest BCUT2D eigenvalue weighted by molar-refractivity contribution is 0.0226. The number of rotatable bonds is 6. The minimum Gasteiger partial charge on any atom is -0.497 e. The number of ether oxygens (including phenoxy) is 2. The summed E-state index contributed by atoms with van der Waals surface area (Å²) in [5.41, 5.74) is 3.10. The topological polar surface area (TPSA) is 59.8 Å². The van der Waals surface area contributed by atoms with E-state index in [-0.39, 0.29) is 24.1 Å². The second-order valence-electron chi connectivity index (χ2n) is 8.29. The number of carbonyl (C=O) groups is 1. The molecule has 180 valence electrons. The molecule has 1 aliphatic heterocycles. The SMILES string of the molecule is [2H]C([2H])([2H])Oc1ccc(N2C(=O)N(c3ccc4nn(C)cc4c3)Cc3ccc(OC(C)C(F)F)cc32)cc1. The minimum absolute atomic E-state index is 0.111. The molecule has 2 heterocycles. The molecule has 0 aliphatic carbocycles. The lowest BCUT2D eigenvalue weighted by atomic mass is 10.1. The van der Waals surface area contributed by atoms with Crippen LogP contribution in [0, 0.1) is 0 Å². The van der Waals surface area contributed by atoms with Gasteiger partial charge in [-0.15, -0.1) is 0 Å². The smallest absolute Gasteiger partial charge is 0.333 e. The highest BCUT2D eigenvalue weighted by Crippen LogP contribution is 2.40. The summed E-state index contributed by atoms with van der Waals surface area (Å²) in [5.74, 6) is 0.307. The summed E-state index contributed by atoms with van der Waals surface area (Å²) in [4.78, 5) is 17.0. The Morgan fingerprint density at radius 2 is 1.77 bits per heavy atom. The van der Waals surface area contributed by atoms with E-state index in [1.165, 1.54) is 24.0 Å². The lowest BCUT2D eigenvalue weighted by Gasteiger charge is -2.37. The van der Waals surface area contributed by atoms with Gasteiger partial charge < -0.3 is 9.47 Å². The Labute approximate surface area is 205 Å². The van der Waals surface area contributed by atoms with E-state index in [0.29, 0.717) is 17.1 Å². The molecule has 0 bridgehead atoms. The van der Waals surface area contributed by atoms with E-state index in [0.717, 1.165) is 16.5 Å². The summed E-state index contributed by atoms with van der Waals surface area (Å²) in [6.07, 6.45) is -2.15. The van der Waals surface area contributed by atoms with Crippen molar-refractivity contribution < 1.29 is 27.2 Å². The molecule has 0 saturated carbocycles. The van der Waals surface area contributed by atoms with Crippen LogP contribution in [-0.4, -0.2) is 35.4 Å². The number of hydrogen-bond acceptors (Lipinski definition) is 4. The van der Waals surface area contributed by atoms with Gasteiger partial charge in [0.1, 0.15) is 11.5 Å². The lowest BCUT2D eigenvalue weighted by Crippen LogP contribution is -2.45. The van der Waals surface area contributed by atoms with Gasteiger partial charge in [-0.05, 0) is 61.0 Å². The maximum absolute atomic E-state index is 13.9. The van der Waals surface area contributed by atoms with E-state index in [1.807, 2.05) is 31.4 Å². The summed E-state index contributed by atoms with van der Waals surface area (Å²) in [6, 6.07) is 16.1. The zero-order valence-corrected chi connectivity index (χ0v) is 19.0. The van der Waals surface area contributed by atoms with Crippen molar-refractivity contribution in [2.45, 2.75) is 26.0 Å². The molecule has 0 N–H and O–H groups in total. The first-order valence-corrected chi connectivity index (χ1v) is 10.9. The summed E-state index contributed by atoms with van der Waals surface area (Å²) in [5, 5.41) is 5.25. The number of anilines is 3. The van der Waals surface area contributed by atoms with Gasteiger partial charge in [0, 0.05) is 30.4 Å². The van der Waals surface area contributed by atoms with Gasteiger partial charge in [0.2, 0.25) is 0 Å². The van der Waals surface area contributed by atoms with Crippen LogP contribution in [-0.2, 0) is 13.6 Å².